The maximum atomic E-state index is 12.1. The van der Waals surface area contributed by atoms with Crippen LogP contribution in [0, 0.1) is 6.92 Å². The Hall–Kier alpha value is -1.71. The highest BCUT2D eigenvalue weighted by Gasteiger charge is 2.11. The average Bonchev–Trinajstić information content (AvgIpc) is 2.51. The van der Waals surface area contributed by atoms with Crippen LogP contribution in [0.3, 0.4) is 0 Å². The molecule has 0 saturated carbocycles. The van der Waals surface area contributed by atoms with Crippen LogP contribution in [0.5, 0.6) is 5.75 Å². The molecule has 2 aromatic rings. The molecule has 24 heavy (non-hydrogen) atoms. The zero-order chi connectivity index (χ0) is 17.7. The van der Waals surface area contributed by atoms with Crippen LogP contribution in [-0.4, -0.2) is 19.1 Å². The number of hydrogen-bond donors (Lipinski definition) is 1. The summed E-state index contributed by atoms with van der Waals surface area (Å²) in [7, 11) is 0. The van der Waals surface area contributed by atoms with E-state index < -0.39 is 0 Å². The number of rotatable bonds is 6. The molecule has 0 bridgehead atoms. The summed E-state index contributed by atoms with van der Waals surface area (Å²) in [6, 6.07) is 11.0. The Bertz CT molecular complexity index is 729. The lowest BCUT2D eigenvalue weighted by atomic mass is 10.0. The molecule has 2 aromatic carbocycles. The summed E-state index contributed by atoms with van der Waals surface area (Å²) in [5.74, 6) is 1.00. The van der Waals surface area contributed by atoms with E-state index in [-0.39, 0.29) is 5.91 Å². The molecule has 1 amide bonds. The molecule has 5 heteroatoms. The second-order valence-electron chi connectivity index (χ2n) is 5.92. The molecule has 1 N–H and O–H groups in total. The quantitative estimate of drug-likeness (QED) is 0.711. The van der Waals surface area contributed by atoms with Gasteiger partial charge in [-0.3, -0.25) is 4.79 Å². The molecule has 0 saturated heterocycles. The monoisotopic (exact) mass is 365 g/mol. The van der Waals surface area contributed by atoms with E-state index in [1.54, 1.807) is 18.2 Å². The Labute approximate surface area is 152 Å². The highest BCUT2D eigenvalue weighted by Crippen LogP contribution is 2.27. The van der Waals surface area contributed by atoms with Gasteiger partial charge in [0.05, 0.1) is 17.1 Å². The Balaban J connectivity index is 1.91. The number of benzene rings is 2. The number of ether oxygens (including phenoxy) is 1. The summed E-state index contributed by atoms with van der Waals surface area (Å²) >= 11 is 11.9. The fourth-order valence-electron chi connectivity index (χ4n) is 2.34. The minimum atomic E-state index is -0.242. The van der Waals surface area contributed by atoms with Gasteiger partial charge in [0.1, 0.15) is 12.4 Å². The van der Waals surface area contributed by atoms with Gasteiger partial charge in [0.2, 0.25) is 0 Å². The molecule has 0 radical (unpaired) electrons. The standard InChI is InChI=1S/C19H21Cl2NO2/c1-12(2)15-6-4-13(3)10-18(15)24-9-8-22-19(23)16-7-5-14(20)11-17(16)21/h4-7,10-12H,8-9H2,1-3H3,(H,22,23). The predicted molar refractivity (Wildman–Crippen MR) is 99.6 cm³/mol. The van der Waals surface area contributed by atoms with Gasteiger partial charge in [-0.2, -0.15) is 0 Å². The first-order valence-electron chi connectivity index (χ1n) is 7.85. The van der Waals surface area contributed by atoms with E-state index in [4.69, 9.17) is 27.9 Å². The zero-order valence-corrected chi connectivity index (χ0v) is 15.5. The van der Waals surface area contributed by atoms with Gasteiger partial charge < -0.3 is 10.1 Å². The van der Waals surface area contributed by atoms with Crippen molar-refractivity contribution in [3.63, 3.8) is 0 Å². The van der Waals surface area contributed by atoms with Gasteiger partial charge in [0, 0.05) is 5.02 Å². The number of hydrogen-bond acceptors (Lipinski definition) is 2. The minimum absolute atomic E-state index is 0.242. The minimum Gasteiger partial charge on any atom is -0.491 e. The van der Waals surface area contributed by atoms with Crippen molar-refractivity contribution in [3.8, 4) is 5.75 Å². The average molecular weight is 366 g/mol. The Morgan fingerprint density at radius 1 is 1.17 bits per heavy atom. The molecule has 128 valence electrons. The fourth-order valence-corrected chi connectivity index (χ4v) is 2.83. The number of halogens is 2. The van der Waals surface area contributed by atoms with Crippen LogP contribution < -0.4 is 10.1 Å². The normalized spacial score (nSPS) is 10.8. The lowest BCUT2D eigenvalue weighted by Crippen LogP contribution is -2.28. The van der Waals surface area contributed by atoms with E-state index in [0.717, 1.165) is 16.9 Å². The predicted octanol–water partition coefficient (Wildman–Crippen LogP) is 5.23. The van der Waals surface area contributed by atoms with Crippen LogP contribution in [0.1, 0.15) is 41.3 Å². The summed E-state index contributed by atoms with van der Waals surface area (Å²) in [5, 5.41) is 3.64. The van der Waals surface area contributed by atoms with Crippen LogP contribution in [0.2, 0.25) is 10.0 Å². The van der Waals surface area contributed by atoms with Gasteiger partial charge in [0.25, 0.3) is 5.91 Å². The fraction of sp³-hybridized carbons (Fsp3) is 0.316. The van der Waals surface area contributed by atoms with Crippen LogP contribution in [0.15, 0.2) is 36.4 Å². The number of nitrogens with one attached hydrogen (secondary N) is 1. The van der Waals surface area contributed by atoms with Crippen molar-refractivity contribution in [1.82, 2.24) is 5.32 Å². The molecule has 0 fully saturated rings. The van der Waals surface area contributed by atoms with Crippen molar-refractivity contribution < 1.29 is 9.53 Å². The van der Waals surface area contributed by atoms with Crippen LogP contribution in [0.4, 0.5) is 0 Å². The topological polar surface area (TPSA) is 38.3 Å². The van der Waals surface area contributed by atoms with Crippen molar-refractivity contribution in [2.45, 2.75) is 26.7 Å². The van der Waals surface area contributed by atoms with Gasteiger partial charge in [-0.05, 0) is 48.2 Å². The molecular formula is C19H21Cl2NO2. The molecule has 0 aliphatic carbocycles. The van der Waals surface area contributed by atoms with E-state index in [0.29, 0.717) is 34.7 Å². The second-order valence-corrected chi connectivity index (χ2v) is 6.77. The highest BCUT2D eigenvalue weighted by molar-refractivity contribution is 6.36. The van der Waals surface area contributed by atoms with Gasteiger partial charge in [0.15, 0.2) is 0 Å². The summed E-state index contributed by atoms with van der Waals surface area (Å²) < 4.78 is 5.85. The smallest absolute Gasteiger partial charge is 0.252 e. The third kappa shape index (κ3) is 4.89. The van der Waals surface area contributed by atoms with E-state index in [9.17, 15) is 4.79 Å². The summed E-state index contributed by atoms with van der Waals surface area (Å²) in [5.41, 5.74) is 2.71. The number of amides is 1. The molecule has 0 unspecified atom stereocenters. The summed E-state index contributed by atoms with van der Waals surface area (Å²) in [6.45, 7) is 7.06. The first-order valence-corrected chi connectivity index (χ1v) is 8.60. The molecular weight excluding hydrogens is 345 g/mol. The maximum absolute atomic E-state index is 12.1. The van der Waals surface area contributed by atoms with Crippen molar-refractivity contribution in [3.05, 3.63) is 63.1 Å². The largest absolute Gasteiger partial charge is 0.491 e. The molecule has 0 heterocycles. The van der Waals surface area contributed by atoms with Crippen LogP contribution in [0.25, 0.3) is 0 Å². The SMILES string of the molecule is Cc1ccc(C(C)C)c(OCCNC(=O)c2ccc(Cl)cc2Cl)c1. The number of aryl methyl sites for hydroxylation is 1. The number of carbonyl (C=O) groups is 1. The van der Waals surface area contributed by atoms with Gasteiger partial charge in [-0.1, -0.05) is 49.2 Å². The van der Waals surface area contributed by atoms with E-state index >= 15 is 0 Å². The van der Waals surface area contributed by atoms with E-state index in [1.807, 2.05) is 13.0 Å². The Kier molecular flexibility index (Phi) is 6.52. The van der Waals surface area contributed by atoms with Crippen LogP contribution in [-0.2, 0) is 0 Å². The molecule has 0 aromatic heterocycles. The lowest BCUT2D eigenvalue weighted by molar-refractivity contribution is 0.0947. The molecule has 0 spiro atoms. The zero-order valence-electron chi connectivity index (χ0n) is 14.0. The van der Waals surface area contributed by atoms with Crippen molar-refractivity contribution in [2.75, 3.05) is 13.2 Å². The summed E-state index contributed by atoms with van der Waals surface area (Å²) in [6.07, 6.45) is 0. The Morgan fingerprint density at radius 2 is 1.92 bits per heavy atom. The lowest BCUT2D eigenvalue weighted by Gasteiger charge is -2.15. The molecule has 0 aliphatic heterocycles. The first kappa shape index (κ1) is 18.6. The molecule has 0 aliphatic rings. The third-order valence-electron chi connectivity index (χ3n) is 3.61. The number of carbonyl (C=O) groups excluding carboxylic acids is 1. The third-order valence-corrected chi connectivity index (χ3v) is 4.16. The molecule has 2 rings (SSSR count). The van der Waals surface area contributed by atoms with Gasteiger partial charge in [-0.25, -0.2) is 0 Å². The van der Waals surface area contributed by atoms with Crippen molar-refractivity contribution in [2.24, 2.45) is 0 Å². The Morgan fingerprint density at radius 3 is 2.58 bits per heavy atom. The van der Waals surface area contributed by atoms with E-state index in [2.05, 4.69) is 31.3 Å². The van der Waals surface area contributed by atoms with Crippen molar-refractivity contribution in [1.29, 1.82) is 0 Å². The van der Waals surface area contributed by atoms with Gasteiger partial charge >= 0.3 is 0 Å². The maximum Gasteiger partial charge on any atom is 0.252 e. The van der Waals surface area contributed by atoms with E-state index in [1.165, 1.54) is 0 Å². The van der Waals surface area contributed by atoms with Crippen molar-refractivity contribution >= 4 is 29.1 Å². The van der Waals surface area contributed by atoms with Gasteiger partial charge in [-0.15, -0.1) is 0 Å². The van der Waals surface area contributed by atoms with Crippen LogP contribution >= 0.6 is 23.2 Å². The highest BCUT2D eigenvalue weighted by atomic mass is 35.5. The first-order chi connectivity index (χ1) is 11.4. The summed E-state index contributed by atoms with van der Waals surface area (Å²) in [4.78, 5) is 12.1. The molecule has 0 atom stereocenters. The molecule has 3 nitrogen and oxygen atoms in total. The second kappa shape index (κ2) is 8.41.